The van der Waals surface area contributed by atoms with E-state index in [0.717, 1.165) is 0 Å². The molecule has 10 amide bonds. The number of hydrogen-bond acceptors (Lipinski definition) is 15. The number of nitrogens with zero attached hydrogens (tertiary/aromatic N) is 1. The Balaban J connectivity index is 7.03. The van der Waals surface area contributed by atoms with Crippen LogP contribution in [-0.4, -0.2) is 157 Å². The molecule has 22 N–H and O–H groups in total. The quantitative estimate of drug-likeness (QED) is 0.0174. The van der Waals surface area contributed by atoms with E-state index in [4.69, 9.17) is 34.4 Å². The van der Waals surface area contributed by atoms with Gasteiger partial charge < -0.3 is 87.4 Å². The van der Waals surface area contributed by atoms with Crippen molar-refractivity contribution in [2.45, 2.75) is 220 Å². The van der Waals surface area contributed by atoms with E-state index < -0.39 is 125 Å². The number of aliphatic hydroxyl groups excluding tert-OH is 1. The number of guanidine groups is 1. The van der Waals surface area contributed by atoms with E-state index in [0.29, 0.717) is 32.1 Å². The smallest absolute Gasteiger partial charge is 0.245 e. The maximum Gasteiger partial charge on any atom is 0.245 e. The third-order valence-corrected chi connectivity index (χ3v) is 13.2. The van der Waals surface area contributed by atoms with Gasteiger partial charge in [-0.25, -0.2) is 0 Å². The first-order valence-electron chi connectivity index (χ1n) is 28.8. The molecule has 0 radical (unpaired) electrons. The van der Waals surface area contributed by atoms with Gasteiger partial charge in [-0.2, -0.15) is 0 Å². The third-order valence-electron chi connectivity index (χ3n) is 13.2. The Kier molecular flexibility index (Phi) is 37.0. The predicted molar refractivity (Wildman–Crippen MR) is 310 cm³/mol. The summed E-state index contributed by atoms with van der Waals surface area (Å²) in [6.45, 7) is 19.7. The molecule has 0 fully saturated rings. The molecule has 81 heavy (non-hydrogen) atoms. The molecule has 466 valence electrons. The van der Waals surface area contributed by atoms with Gasteiger partial charge in [0.15, 0.2) is 5.96 Å². The first-order valence-corrected chi connectivity index (χ1v) is 28.8. The van der Waals surface area contributed by atoms with Crippen LogP contribution in [0.15, 0.2) is 4.99 Å². The highest BCUT2D eigenvalue weighted by Gasteiger charge is 2.37. The number of aliphatic hydroxyl groups is 1. The summed E-state index contributed by atoms with van der Waals surface area (Å²) in [6, 6.07) is -11.2. The van der Waals surface area contributed by atoms with Gasteiger partial charge in [0.25, 0.3) is 0 Å². The third kappa shape index (κ3) is 31.0. The molecule has 0 unspecified atom stereocenters. The minimum Gasteiger partial charge on any atom is -0.391 e. The van der Waals surface area contributed by atoms with Crippen molar-refractivity contribution >= 4 is 65.0 Å². The lowest BCUT2D eigenvalue weighted by molar-refractivity contribution is -0.137. The SMILES string of the molecule is CC[C@H](C)[C@H](NC(=O)[C@H](CCCN=C(N)N)NC(=O)[C@H](CCCCN)NC(=O)[C@@H](CC(C)C)NC(=O)[C@H](CC(C)C)NC(=O)CN)C(=O)N[C@@H](CCCCN)C(=O)N[C@H](C(=O)N[C@H](CC(C)C)C(=O)N[C@@H](CC(C)C)C(N)=O)[C@@H](C)O. The van der Waals surface area contributed by atoms with Crippen molar-refractivity contribution in [3.8, 4) is 0 Å². The van der Waals surface area contributed by atoms with Crippen LogP contribution in [0.25, 0.3) is 0 Å². The fraction of sp³-hybridized carbons (Fsp3) is 0.796. The summed E-state index contributed by atoms with van der Waals surface area (Å²) in [7, 11) is 0. The first kappa shape index (κ1) is 74.8. The van der Waals surface area contributed by atoms with E-state index >= 15 is 0 Å². The largest absolute Gasteiger partial charge is 0.391 e. The Morgan fingerprint density at radius 3 is 1.10 bits per heavy atom. The molecular formula is C54H104N16O11. The molecule has 0 rings (SSSR count). The molecule has 0 heterocycles. The van der Waals surface area contributed by atoms with Crippen LogP contribution < -0.4 is 82.3 Å². The van der Waals surface area contributed by atoms with Crippen molar-refractivity contribution in [2.75, 3.05) is 26.2 Å². The Bertz CT molecular complexity index is 2020. The minimum absolute atomic E-state index is 0.00517. The number of primary amides is 1. The zero-order valence-corrected chi connectivity index (χ0v) is 50.1. The number of aliphatic imine (C=N–C) groups is 1. The fourth-order valence-electron chi connectivity index (χ4n) is 8.60. The number of hydrogen-bond donors (Lipinski definition) is 16. The molecule has 0 aromatic rings. The van der Waals surface area contributed by atoms with Crippen LogP contribution in [0.4, 0.5) is 0 Å². The number of rotatable bonds is 42. The van der Waals surface area contributed by atoms with Crippen LogP contribution in [0.2, 0.25) is 0 Å². The summed E-state index contributed by atoms with van der Waals surface area (Å²) < 4.78 is 0. The second kappa shape index (κ2) is 40.1. The summed E-state index contributed by atoms with van der Waals surface area (Å²) >= 11 is 0. The van der Waals surface area contributed by atoms with Crippen LogP contribution in [0, 0.1) is 29.6 Å². The average molecular weight is 1150 g/mol. The molecule has 11 atom stereocenters. The lowest BCUT2D eigenvalue weighted by Crippen LogP contribution is -2.62. The van der Waals surface area contributed by atoms with Crippen molar-refractivity contribution < 1.29 is 53.1 Å². The first-order chi connectivity index (χ1) is 37.9. The second-order valence-corrected chi connectivity index (χ2v) is 22.7. The molecule has 0 aromatic heterocycles. The molecule has 0 saturated carbocycles. The van der Waals surface area contributed by atoms with Crippen LogP contribution >= 0.6 is 0 Å². The van der Waals surface area contributed by atoms with E-state index in [1.807, 2.05) is 55.4 Å². The van der Waals surface area contributed by atoms with Crippen molar-refractivity contribution in [3.63, 3.8) is 0 Å². The molecule has 27 nitrogen and oxygen atoms in total. The van der Waals surface area contributed by atoms with E-state index in [1.54, 1.807) is 13.8 Å². The lowest BCUT2D eigenvalue weighted by Gasteiger charge is -2.30. The number of nitrogens with one attached hydrogen (secondary N) is 9. The summed E-state index contributed by atoms with van der Waals surface area (Å²) in [6.07, 6.45) is 1.45. The maximum absolute atomic E-state index is 14.5. The highest BCUT2D eigenvalue weighted by atomic mass is 16.3. The summed E-state index contributed by atoms with van der Waals surface area (Å²) in [4.78, 5) is 141. The molecule has 0 aliphatic rings. The fourth-order valence-corrected chi connectivity index (χ4v) is 8.60. The molecule has 27 heteroatoms. The maximum atomic E-state index is 14.5. The van der Waals surface area contributed by atoms with Gasteiger partial charge in [0.1, 0.15) is 54.4 Å². The molecule has 0 bridgehead atoms. The zero-order chi connectivity index (χ0) is 62.1. The average Bonchev–Trinajstić information content (AvgIpc) is 3.37. The monoisotopic (exact) mass is 1150 g/mol. The van der Waals surface area contributed by atoms with Gasteiger partial charge in [-0.3, -0.25) is 52.9 Å². The minimum atomic E-state index is -1.63. The standard InChI is InChI=1S/C54H104N16O11/c1-12-33(10)43(52(80)65-36(19-14-16-22-56)48(76)70-44(34(11)71)53(81)68-41(27-32(8)9)51(79)66-38(45(58)73)24-29(2)3)69-47(75)37(20-17-23-61-54(59)60)63-46(74)35(18-13-15-21-55)64-50(78)40(26-31(6)7)67-49(77)39(25-30(4)5)62-42(72)28-57/h29-41,43-44,71H,12-28,55-57H2,1-11H3,(H2,58,73)(H,62,72)(H,63,74)(H,64,78)(H,65,80)(H,66,79)(H,67,77)(H,68,81)(H,69,75)(H,70,76)(H4,59,60,61)/t33-,34+,35-,36-,37-,38-,39-,40+,41+,43-,44-/m0/s1. The summed E-state index contributed by atoms with van der Waals surface area (Å²) in [5, 5.41) is 35.0. The molecule has 0 aromatic carbocycles. The van der Waals surface area contributed by atoms with Gasteiger partial charge >= 0.3 is 0 Å². The summed E-state index contributed by atoms with van der Waals surface area (Å²) in [5.41, 5.74) is 33.8. The molecule has 0 saturated heterocycles. The second-order valence-electron chi connectivity index (χ2n) is 22.7. The van der Waals surface area contributed by atoms with Gasteiger partial charge in [-0.15, -0.1) is 0 Å². The molecule has 0 aliphatic heterocycles. The van der Waals surface area contributed by atoms with Crippen molar-refractivity contribution in [1.29, 1.82) is 0 Å². The number of unbranched alkanes of at least 4 members (excludes halogenated alkanes) is 2. The number of nitrogens with two attached hydrogens (primary N) is 6. The Hall–Kier alpha value is -6.19. The van der Waals surface area contributed by atoms with Crippen molar-refractivity contribution in [3.05, 3.63) is 0 Å². The molecule has 0 spiro atoms. The number of carbonyl (C=O) groups excluding carboxylic acids is 10. The Morgan fingerprint density at radius 1 is 0.407 bits per heavy atom. The van der Waals surface area contributed by atoms with Gasteiger partial charge in [-0.1, -0.05) is 75.7 Å². The topological polar surface area (TPSA) is 468 Å². The van der Waals surface area contributed by atoms with E-state index in [9.17, 15) is 53.1 Å². The predicted octanol–water partition coefficient (Wildman–Crippen LogP) is -2.28. The highest BCUT2D eigenvalue weighted by molar-refractivity contribution is 5.98. The normalized spacial score (nSPS) is 15.5. The Morgan fingerprint density at radius 2 is 0.728 bits per heavy atom. The van der Waals surface area contributed by atoms with Gasteiger partial charge in [0, 0.05) is 6.54 Å². The highest BCUT2D eigenvalue weighted by Crippen LogP contribution is 2.15. The van der Waals surface area contributed by atoms with E-state index in [2.05, 4.69) is 52.8 Å². The summed E-state index contributed by atoms with van der Waals surface area (Å²) in [5.74, 6) is -8.52. The van der Waals surface area contributed by atoms with E-state index in [1.165, 1.54) is 6.92 Å². The van der Waals surface area contributed by atoms with Crippen molar-refractivity contribution in [1.82, 2.24) is 47.9 Å². The Labute approximate surface area is 479 Å². The number of amides is 10. The molecule has 0 aliphatic carbocycles. The van der Waals surface area contributed by atoms with Gasteiger partial charge in [0.05, 0.1) is 12.6 Å². The van der Waals surface area contributed by atoms with Crippen LogP contribution in [0.3, 0.4) is 0 Å². The molecular weight excluding hydrogens is 1050 g/mol. The van der Waals surface area contributed by atoms with Crippen LogP contribution in [-0.2, 0) is 47.9 Å². The van der Waals surface area contributed by atoms with Gasteiger partial charge in [-0.05, 0) is 127 Å². The van der Waals surface area contributed by atoms with Crippen LogP contribution in [0.5, 0.6) is 0 Å². The number of carbonyl (C=O) groups is 10. The van der Waals surface area contributed by atoms with E-state index in [-0.39, 0.29) is 107 Å². The lowest BCUT2D eigenvalue weighted by atomic mass is 9.96. The van der Waals surface area contributed by atoms with Gasteiger partial charge in [0.2, 0.25) is 59.1 Å². The van der Waals surface area contributed by atoms with Crippen molar-refractivity contribution in [2.24, 2.45) is 69.0 Å². The zero-order valence-electron chi connectivity index (χ0n) is 50.1. The van der Waals surface area contributed by atoms with Crippen LogP contribution in [0.1, 0.15) is 160 Å².